The first-order valence-corrected chi connectivity index (χ1v) is 3.27. The predicted octanol–water partition coefficient (Wildman–Crippen LogP) is 0.823. The average Bonchev–Trinajstić information content (AvgIpc) is 2.30. The number of oxazole rings is 1. The molecular weight excluding hydrogens is 150 g/mol. The highest BCUT2D eigenvalue weighted by atomic mass is 32.1. The summed E-state index contributed by atoms with van der Waals surface area (Å²) in [5, 5.41) is 10.1. The Hall–Kier alpha value is -0.740. The number of nitrogens with zero attached hydrogens (tertiary/aromatic N) is 1. The number of rotatable bonds is 2. The topological polar surface area (TPSA) is 46.3 Å². The normalized spacial score (nSPS) is 9.80. The minimum absolute atomic E-state index is 0.149. The molecule has 1 heterocycles. The number of aliphatic hydroxyl groups excluding tert-OH is 1. The number of hydrogen-bond acceptors (Lipinski definition) is 4. The summed E-state index contributed by atoms with van der Waals surface area (Å²) in [6.07, 6.45) is 0. The second-order valence-electron chi connectivity index (χ2n) is 1.82. The third-order valence-electron chi connectivity index (χ3n) is 1.09. The van der Waals surface area contributed by atoms with Crippen LogP contribution in [0.2, 0.25) is 0 Å². The molecule has 0 saturated carbocycles. The van der Waals surface area contributed by atoms with Gasteiger partial charge in [-0.3, -0.25) is 0 Å². The van der Waals surface area contributed by atoms with E-state index in [-0.39, 0.29) is 6.61 Å². The van der Waals surface area contributed by atoms with Gasteiger partial charge >= 0.3 is 0 Å². The van der Waals surface area contributed by atoms with Gasteiger partial charge in [-0.2, -0.15) is 0 Å². The summed E-state index contributed by atoms with van der Waals surface area (Å²) in [5.74, 6) is 0.965. The molecule has 0 amide bonds. The lowest BCUT2D eigenvalue weighted by atomic mass is 10.4. The van der Waals surface area contributed by atoms with Gasteiger partial charge in [0.2, 0.25) is 0 Å². The highest BCUT2D eigenvalue weighted by Crippen LogP contribution is 2.07. The zero-order chi connectivity index (χ0) is 7.56. The van der Waals surface area contributed by atoms with E-state index in [1.165, 1.54) is 5.37 Å². The second kappa shape index (κ2) is 2.90. The van der Waals surface area contributed by atoms with Gasteiger partial charge in [0.1, 0.15) is 12.3 Å². The molecule has 0 radical (unpaired) electrons. The summed E-state index contributed by atoms with van der Waals surface area (Å²) in [6, 6.07) is 0. The van der Waals surface area contributed by atoms with Gasteiger partial charge in [-0.1, -0.05) is 12.2 Å². The van der Waals surface area contributed by atoms with E-state index < -0.39 is 0 Å². The Morgan fingerprint density at radius 3 is 2.90 bits per heavy atom. The van der Waals surface area contributed by atoms with E-state index in [1.54, 1.807) is 6.92 Å². The molecule has 1 N–H and O–H groups in total. The van der Waals surface area contributed by atoms with Crippen LogP contribution in [0.5, 0.6) is 0 Å². The molecule has 0 unspecified atom stereocenters. The van der Waals surface area contributed by atoms with E-state index in [0.29, 0.717) is 17.3 Å². The molecule has 1 aromatic heterocycles. The van der Waals surface area contributed by atoms with Crippen LogP contribution in [-0.4, -0.2) is 15.5 Å². The zero-order valence-corrected chi connectivity index (χ0v) is 6.31. The lowest BCUT2D eigenvalue weighted by Gasteiger charge is -1.85. The average molecular weight is 157 g/mol. The van der Waals surface area contributed by atoms with Crippen molar-refractivity contribution in [2.75, 3.05) is 0 Å². The van der Waals surface area contributed by atoms with Gasteiger partial charge in [0.15, 0.2) is 11.7 Å². The van der Waals surface area contributed by atoms with Gasteiger partial charge in [-0.05, 0) is 0 Å². The Labute approximate surface area is 63.7 Å². The minimum atomic E-state index is -0.149. The van der Waals surface area contributed by atoms with Crippen molar-refractivity contribution in [2.45, 2.75) is 13.5 Å². The van der Waals surface area contributed by atoms with Gasteiger partial charge in [-0.15, -0.1) is 0 Å². The van der Waals surface area contributed by atoms with Gasteiger partial charge in [0, 0.05) is 12.3 Å². The van der Waals surface area contributed by atoms with Crippen molar-refractivity contribution >= 4 is 17.6 Å². The summed E-state index contributed by atoms with van der Waals surface area (Å²) in [6.45, 7) is 1.56. The number of aliphatic hydroxyl groups is 1. The van der Waals surface area contributed by atoms with E-state index in [9.17, 15) is 0 Å². The Balaban J connectivity index is 3.08. The summed E-state index contributed by atoms with van der Waals surface area (Å²) < 4.78 is 5.00. The van der Waals surface area contributed by atoms with E-state index in [4.69, 9.17) is 9.52 Å². The van der Waals surface area contributed by atoms with Crippen LogP contribution in [0, 0.1) is 6.92 Å². The fourth-order valence-corrected chi connectivity index (χ4v) is 0.875. The first-order valence-electron chi connectivity index (χ1n) is 2.80. The van der Waals surface area contributed by atoms with Crippen LogP contribution in [0.15, 0.2) is 4.42 Å². The van der Waals surface area contributed by atoms with Gasteiger partial charge in [0.25, 0.3) is 0 Å². The van der Waals surface area contributed by atoms with E-state index >= 15 is 0 Å². The fraction of sp³-hybridized carbons (Fsp3) is 0.333. The summed E-state index contributed by atoms with van der Waals surface area (Å²) in [7, 11) is 0. The Bertz CT molecular complexity index is 244. The second-order valence-corrected chi connectivity index (χ2v) is 2.05. The first kappa shape index (κ1) is 7.37. The summed E-state index contributed by atoms with van der Waals surface area (Å²) in [4.78, 5) is 3.91. The van der Waals surface area contributed by atoms with E-state index in [1.807, 2.05) is 0 Å². The van der Waals surface area contributed by atoms with E-state index in [2.05, 4.69) is 17.2 Å². The maximum atomic E-state index is 8.66. The molecular formula is C6H7NO2S. The third-order valence-corrected chi connectivity index (χ3v) is 1.31. The zero-order valence-electron chi connectivity index (χ0n) is 5.50. The van der Waals surface area contributed by atoms with Crippen LogP contribution >= 0.6 is 12.2 Å². The molecule has 3 nitrogen and oxygen atoms in total. The molecule has 0 aliphatic carbocycles. The van der Waals surface area contributed by atoms with Crippen molar-refractivity contribution in [1.82, 2.24) is 4.98 Å². The third kappa shape index (κ3) is 1.22. The van der Waals surface area contributed by atoms with Gasteiger partial charge in [-0.25, -0.2) is 4.98 Å². The molecule has 0 saturated heterocycles. The highest BCUT2D eigenvalue weighted by molar-refractivity contribution is 7.79. The quantitative estimate of drug-likeness (QED) is 0.646. The largest absolute Gasteiger partial charge is 0.443 e. The van der Waals surface area contributed by atoms with Crippen LogP contribution in [0.4, 0.5) is 0 Å². The predicted molar refractivity (Wildman–Crippen MR) is 39.9 cm³/mol. The number of thiocarbonyl (C=S) groups is 1. The molecule has 0 aliphatic rings. The SMILES string of the molecule is Cc1nc(C=S)c(CO)o1. The van der Waals surface area contributed by atoms with Crippen molar-refractivity contribution < 1.29 is 9.52 Å². The van der Waals surface area contributed by atoms with Crippen LogP contribution in [0.3, 0.4) is 0 Å². The smallest absolute Gasteiger partial charge is 0.191 e. The summed E-state index contributed by atoms with van der Waals surface area (Å²) >= 11 is 4.63. The van der Waals surface area contributed by atoms with Crippen molar-refractivity contribution in [2.24, 2.45) is 0 Å². The van der Waals surface area contributed by atoms with Crippen LogP contribution in [0.1, 0.15) is 17.3 Å². The molecule has 1 aromatic rings. The van der Waals surface area contributed by atoms with E-state index in [0.717, 1.165) is 0 Å². The van der Waals surface area contributed by atoms with Gasteiger partial charge in [0.05, 0.1) is 0 Å². The van der Waals surface area contributed by atoms with Gasteiger partial charge < -0.3 is 9.52 Å². The number of hydrogen-bond donors (Lipinski definition) is 1. The Morgan fingerprint density at radius 1 is 1.80 bits per heavy atom. The van der Waals surface area contributed by atoms with Crippen molar-refractivity contribution in [1.29, 1.82) is 0 Å². The molecule has 1 rings (SSSR count). The maximum absolute atomic E-state index is 8.66. The molecule has 4 heteroatoms. The first-order chi connectivity index (χ1) is 4.77. The molecule has 0 bridgehead atoms. The molecule has 0 aromatic carbocycles. The van der Waals surface area contributed by atoms with Crippen LogP contribution in [-0.2, 0) is 6.61 Å². The maximum Gasteiger partial charge on any atom is 0.191 e. The number of aromatic nitrogens is 1. The minimum Gasteiger partial charge on any atom is -0.443 e. The molecule has 0 spiro atoms. The fourth-order valence-electron chi connectivity index (χ4n) is 0.691. The van der Waals surface area contributed by atoms with Crippen LogP contribution < -0.4 is 0 Å². The van der Waals surface area contributed by atoms with Crippen molar-refractivity contribution in [3.05, 3.63) is 17.3 Å². The monoisotopic (exact) mass is 157 g/mol. The molecule has 54 valence electrons. The molecule has 0 aliphatic heterocycles. The van der Waals surface area contributed by atoms with Crippen molar-refractivity contribution in [3.8, 4) is 0 Å². The molecule has 0 atom stereocenters. The summed E-state index contributed by atoms with van der Waals surface area (Å²) in [5.41, 5.74) is 0.551. The number of aryl methyl sites for hydroxylation is 1. The Morgan fingerprint density at radius 2 is 2.50 bits per heavy atom. The lowest BCUT2D eigenvalue weighted by Crippen LogP contribution is -1.86. The molecule has 0 fully saturated rings. The Kier molecular flexibility index (Phi) is 2.13. The van der Waals surface area contributed by atoms with Crippen LogP contribution in [0.25, 0.3) is 0 Å². The molecule has 10 heavy (non-hydrogen) atoms. The lowest BCUT2D eigenvalue weighted by molar-refractivity contribution is 0.244. The highest BCUT2D eigenvalue weighted by Gasteiger charge is 2.05. The standard InChI is InChI=1S/C6H7NO2S/c1-4-7-5(3-10)6(2-8)9-4/h3,8H,2H2,1H3. The van der Waals surface area contributed by atoms with Crippen molar-refractivity contribution in [3.63, 3.8) is 0 Å².